The SMILES string of the molecule is COc1cccc(-c2cnc(N)c3[nH]nc(Nc4ccccc4Cl)c23)c1. The van der Waals surface area contributed by atoms with Crippen molar-refractivity contribution in [3.8, 4) is 16.9 Å². The fraction of sp³-hybridized carbons (Fsp3) is 0.0526. The zero-order chi connectivity index (χ0) is 18.1. The van der Waals surface area contributed by atoms with E-state index < -0.39 is 0 Å². The van der Waals surface area contributed by atoms with E-state index in [1.807, 2.05) is 48.5 Å². The Morgan fingerprint density at radius 2 is 2.00 bits per heavy atom. The van der Waals surface area contributed by atoms with Crippen molar-refractivity contribution in [1.29, 1.82) is 0 Å². The Balaban J connectivity index is 1.90. The number of ether oxygens (including phenoxy) is 1. The summed E-state index contributed by atoms with van der Waals surface area (Å²) in [4.78, 5) is 4.29. The number of para-hydroxylation sites is 1. The molecule has 6 nitrogen and oxygen atoms in total. The summed E-state index contributed by atoms with van der Waals surface area (Å²) in [5.41, 5.74) is 9.30. The quantitative estimate of drug-likeness (QED) is 0.491. The summed E-state index contributed by atoms with van der Waals surface area (Å²) in [5.74, 6) is 1.77. The number of nitrogen functional groups attached to an aromatic ring is 1. The van der Waals surface area contributed by atoms with Gasteiger partial charge in [0.15, 0.2) is 5.82 Å². The average molecular weight is 366 g/mol. The number of nitrogens with two attached hydrogens (primary N) is 1. The first-order chi connectivity index (χ1) is 12.7. The molecule has 4 aromatic rings. The highest BCUT2D eigenvalue weighted by Crippen LogP contribution is 2.37. The second kappa shape index (κ2) is 6.57. The lowest BCUT2D eigenvalue weighted by Crippen LogP contribution is -1.95. The molecule has 0 atom stereocenters. The Labute approximate surface area is 155 Å². The number of aromatic nitrogens is 3. The van der Waals surface area contributed by atoms with E-state index in [0.717, 1.165) is 28.0 Å². The predicted octanol–water partition coefficient (Wildman–Crippen LogP) is 4.61. The minimum atomic E-state index is 0.381. The topological polar surface area (TPSA) is 88.8 Å². The van der Waals surface area contributed by atoms with Crippen molar-refractivity contribution in [3.63, 3.8) is 0 Å². The number of nitrogens with zero attached hydrogens (tertiary/aromatic N) is 2. The highest BCUT2D eigenvalue weighted by atomic mass is 35.5. The number of rotatable bonds is 4. The van der Waals surface area contributed by atoms with E-state index in [9.17, 15) is 0 Å². The molecule has 4 rings (SSSR count). The Morgan fingerprint density at radius 3 is 2.81 bits per heavy atom. The van der Waals surface area contributed by atoms with Gasteiger partial charge in [-0.3, -0.25) is 5.10 Å². The Bertz CT molecular complexity index is 1090. The fourth-order valence-corrected chi connectivity index (χ4v) is 3.03. The van der Waals surface area contributed by atoms with E-state index in [-0.39, 0.29) is 0 Å². The van der Waals surface area contributed by atoms with Gasteiger partial charge in [0.25, 0.3) is 0 Å². The van der Waals surface area contributed by atoms with Crippen molar-refractivity contribution in [2.45, 2.75) is 0 Å². The first-order valence-corrected chi connectivity index (χ1v) is 8.33. The van der Waals surface area contributed by atoms with Crippen LogP contribution in [0.25, 0.3) is 22.0 Å². The summed E-state index contributed by atoms with van der Waals surface area (Å²) >= 11 is 6.27. The third kappa shape index (κ3) is 2.80. The van der Waals surface area contributed by atoms with Gasteiger partial charge in [0.1, 0.15) is 17.1 Å². The van der Waals surface area contributed by atoms with Crippen molar-refractivity contribution in [3.05, 3.63) is 59.8 Å². The molecule has 0 aliphatic carbocycles. The van der Waals surface area contributed by atoms with Gasteiger partial charge in [0.05, 0.1) is 23.2 Å². The molecule has 26 heavy (non-hydrogen) atoms. The number of pyridine rings is 1. The van der Waals surface area contributed by atoms with Gasteiger partial charge in [-0.25, -0.2) is 4.98 Å². The highest BCUT2D eigenvalue weighted by Gasteiger charge is 2.16. The summed E-state index contributed by atoms with van der Waals surface area (Å²) in [6, 6.07) is 15.2. The molecule has 0 bridgehead atoms. The molecule has 0 amide bonds. The van der Waals surface area contributed by atoms with Gasteiger partial charge in [-0.2, -0.15) is 5.10 Å². The predicted molar refractivity (Wildman–Crippen MR) is 105 cm³/mol. The van der Waals surface area contributed by atoms with E-state index in [2.05, 4.69) is 20.5 Å². The molecule has 0 saturated heterocycles. The number of hydrogen-bond acceptors (Lipinski definition) is 5. The molecule has 4 N–H and O–H groups in total. The smallest absolute Gasteiger partial charge is 0.160 e. The van der Waals surface area contributed by atoms with Gasteiger partial charge in [-0.05, 0) is 29.8 Å². The van der Waals surface area contributed by atoms with E-state index in [0.29, 0.717) is 22.2 Å². The Hall–Kier alpha value is -3.25. The molecule has 0 aliphatic heterocycles. The number of anilines is 3. The number of hydrogen-bond donors (Lipinski definition) is 3. The van der Waals surface area contributed by atoms with Crippen LogP contribution in [-0.4, -0.2) is 22.3 Å². The molecule has 0 spiro atoms. The Morgan fingerprint density at radius 1 is 1.15 bits per heavy atom. The van der Waals surface area contributed by atoms with E-state index in [4.69, 9.17) is 22.1 Å². The first-order valence-electron chi connectivity index (χ1n) is 7.96. The number of fused-ring (bicyclic) bond motifs is 1. The molecule has 0 radical (unpaired) electrons. The number of aromatic amines is 1. The van der Waals surface area contributed by atoms with E-state index in [1.165, 1.54) is 0 Å². The summed E-state index contributed by atoms with van der Waals surface area (Å²) in [5, 5.41) is 12.1. The number of halogens is 1. The molecule has 2 aromatic carbocycles. The van der Waals surface area contributed by atoms with Crippen LogP contribution < -0.4 is 15.8 Å². The highest BCUT2D eigenvalue weighted by molar-refractivity contribution is 6.33. The third-order valence-electron chi connectivity index (χ3n) is 4.13. The van der Waals surface area contributed by atoms with Gasteiger partial charge in [-0.15, -0.1) is 0 Å². The molecule has 2 heterocycles. The van der Waals surface area contributed by atoms with Crippen LogP contribution in [0.15, 0.2) is 54.7 Å². The van der Waals surface area contributed by atoms with Crippen molar-refractivity contribution < 1.29 is 4.74 Å². The molecular formula is C19H16ClN5O. The van der Waals surface area contributed by atoms with Crippen LogP contribution in [0.5, 0.6) is 5.75 Å². The summed E-state index contributed by atoms with van der Waals surface area (Å²) in [6.45, 7) is 0. The number of methoxy groups -OCH3 is 1. The maximum absolute atomic E-state index is 6.27. The largest absolute Gasteiger partial charge is 0.497 e. The van der Waals surface area contributed by atoms with Crippen LogP contribution in [0.4, 0.5) is 17.3 Å². The second-order valence-electron chi connectivity index (χ2n) is 5.72. The molecule has 0 unspecified atom stereocenters. The first kappa shape index (κ1) is 16.2. The summed E-state index contributed by atoms with van der Waals surface area (Å²) < 4.78 is 5.33. The minimum absolute atomic E-state index is 0.381. The average Bonchev–Trinajstić information content (AvgIpc) is 3.09. The lowest BCUT2D eigenvalue weighted by Gasteiger charge is -2.10. The van der Waals surface area contributed by atoms with Crippen molar-refractivity contribution in [2.75, 3.05) is 18.2 Å². The lowest BCUT2D eigenvalue weighted by atomic mass is 10.0. The normalized spacial score (nSPS) is 10.8. The number of benzene rings is 2. The standard InChI is InChI=1S/C19H16ClN5O/c1-26-12-6-4-5-11(9-12)13-10-22-18(21)17-16(13)19(25-24-17)23-15-8-3-2-7-14(15)20/h2-10H,1H3,(H2,21,22)(H2,23,24,25). The van der Waals surface area contributed by atoms with Crippen LogP contribution >= 0.6 is 11.6 Å². The zero-order valence-corrected chi connectivity index (χ0v) is 14.7. The van der Waals surface area contributed by atoms with E-state index in [1.54, 1.807) is 13.3 Å². The van der Waals surface area contributed by atoms with Crippen LogP contribution in [0.2, 0.25) is 5.02 Å². The van der Waals surface area contributed by atoms with Crippen LogP contribution in [0.1, 0.15) is 0 Å². The monoisotopic (exact) mass is 365 g/mol. The van der Waals surface area contributed by atoms with Crippen molar-refractivity contribution in [1.82, 2.24) is 15.2 Å². The van der Waals surface area contributed by atoms with Gasteiger partial charge < -0.3 is 15.8 Å². The second-order valence-corrected chi connectivity index (χ2v) is 6.12. The number of H-pyrrole nitrogens is 1. The minimum Gasteiger partial charge on any atom is -0.497 e. The van der Waals surface area contributed by atoms with Gasteiger partial charge >= 0.3 is 0 Å². The summed E-state index contributed by atoms with van der Waals surface area (Å²) in [6.07, 6.45) is 1.74. The third-order valence-corrected chi connectivity index (χ3v) is 4.46. The Kier molecular flexibility index (Phi) is 4.10. The fourth-order valence-electron chi connectivity index (χ4n) is 2.84. The number of nitrogens with one attached hydrogen (secondary N) is 2. The molecule has 0 saturated carbocycles. The maximum atomic E-state index is 6.27. The van der Waals surface area contributed by atoms with Crippen LogP contribution in [0.3, 0.4) is 0 Å². The van der Waals surface area contributed by atoms with Crippen molar-refractivity contribution >= 4 is 39.8 Å². The van der Waals surface area contributed by atoms with Gasteiger partial charge in [0.2, 0.25) is 0 Å². The molecule has 130 valence electrons. The lowest BCUT2D eigenvalue weighted by molar-refractivity contribution is 0.415. The van der Waals surface area contributed by atoms with Crippen LogP contribution in [0, 0.1) is 0 Å². The molecular weight excluding hydrogens is 350 g/mol. The summed E-state index contributed by atoms with van der Waals surface area (Å²) in [7, 11) is 1.64. The van der Waals surface area contributed by atoms with Gasteiger partial charge in [-0.1, -0.05) is 35.9 Å². The van der Waals surface area contributed by atoms with E-state index >= 15 is 0 Å². The zero-order valence-electron chi connectivity index (χ0n) is 14.0. The van der Waals surface area contributed by atoms with Crippen LogP contribution in [-0.2, 0) is 0 Å². The van der Waals surface area contributed by atoms with Gasteiger partial charge in [0, 0.05) is 11.8 Å². The maximum Gasteiger partial charge on any atom is 0.160 e. The molecule has 0 aliphatic rings. The molecule has 0 fully saturated rings. The molecule has 7 heteroatoms. The molecule has 2 aromatic heterocycles. The van der Waals surface area contributed by atoms with Crippen molar-refractivity contribution in [2.24, 2.45) is 0 Å².